The third-order valence-corrected chi connectivity index (χ3v) is 2.80. The summed E-state index contributed by atoms with van der Waals surface area (Å²) in [6, 6.07) is 6.15. The van der Waals surface area contributed by atoms with Crippen molar-refractivity contribution >= 4 is 46.5 Å². The quantitative estimate of drug-likeness (QED) is 0.844. The number of anilines is 2. The fourth-order valence-corrected chi connectivity index (χ4v) is 2.12. The molecule has 6 nitrogen and oxygen atoms in total. The lowest BCUT2D eigenvalue weighted by Gasteiger charge is -2.06. The molecule has 0 bridgehead atoms. The Bertz CT molecular complexity index is 665. The molecule has 2 N–H and O–H groups in total. The van der Waals surface area contributed by atoms with Crippen LogP contribution in [0.4, 0.5) is 11.5 Å². The van der Waals surface area contributed by atoms with Crippen LogP contribution < -0.4 is 10.6 Å². The van der Waals surface area contributed by atoms with Crippen molar-refractivity contribution in [2.45, 2.75) is 13.3 Å². The predicted molar refractivity (Wildman–Crippen MR) is 79.6 cm³/mol. The van der Waals surface area contributed by atoms with Gasteiger partial charge < -0.3 is 15.2 Å². The summed E-state index contributed by atoms with van der Waals surface area (Å²) in [6.07, 6.45) is -0.365. The SMILES string of the molecule is Cc1cc(NC(=O)CC(=O)Nc2cc(Cl)cc(Cl)c2)no1. The van der Waals surface area contributed by atoms with Gasteiger partial charge in [0.15, 0.2) is 5.82 Å². The monoisotopic (exact) mass is 327 g/mol. The third kappa shape index (κ3) is 4.77. The average Bonchev–Trinajstić information content (AvgIpc) is 2.72. The van der Waals surface area contributed by atoms with Crippen molar-refractivity contribution in [1.29, 1.82) is 0 Å². The van der Waals surface area contributed by atoms with Crippen LogP contribution in [-0.4, -0.2) is 17.0 Å². The molecule has 1 aromatic heterocycles. The van der Waals surface area contributed by atoms with Gasteiger partial charge >= 0.3 is 0 Å². The van der Waals surface area contributed by atoms with Crippen LogP contribution in [0.25, 0.3) is 0 Å². The van der Waals surface area contributed by atoms with E-state index in [4.69, 9.17) is 27.7 Å². The molecule has 8 heteroatoms. The lowest BCUT2D eigenvalue weighted by molar-refractivity contribution is -0.123. The summed E-state index contributed by atoms with van der Waals surface area (Å²) in [6.45, 7) is 1.69. The molecule has 21 heavy (non-hydrogen) atoms. The zero-order chi connectivity index (χ0) is 15.4. The molecule has 0 atom stereocenters. The summed E-state index contributed by atoms with van der Waals surface area (Å²) in [5.41, 5.74) is 0.419. The zero-order valence-corrected chi connectivity index (χ0v) is 12.5. The van der Waals surface area contributed by atoms with Crippen molar-refractivity contribution in [3.63, 3.8) is 0 Å². The minimum Gasteiger partial charge on any atom is -0.360 e. The van der Waals surface area contributed by atoms with Crippen molar-refractivity contribution in [3.05, 3.63) is 40.1 Å². The smallest absolute Gasteiger partial charge is 0.235 e. The van der Waals surface area contributed by atoms with Crippen LogP contribution in [-0.2, 0) is 9.59 Å². The van der Waals surface area contributed by atoms with Gasteiger partial charge in [0.2, 0.25) is 11.8 Å². The van der Waals surface area contributed by atoms with E-state index < -0.39 is 11.8 Å². The number of hydrogen-bond acceptors (Lipinski definition) is 4. The maximum atomic E-state index is 11.7. The number of aryl methyl sites for hydroxylation is 1. The van der Waals surface area contributed by atoms with Crippen LogP contribution in [0.1, 0.15) is 12.2 Å². The number of halogens is 2. The van der Waals surface area contributed by atoms with Gasteiger partial charge in [-0.05, 0) is 25.1 Å². The molecule has 0 spiro atoms. The minimum atomic E-state index is -0.506. The second kappa shape index (κ2) is 6.60. The highest BCUT2D eigenvalue weighted by Gasteiger charge is 2.12. The average molecular weight is 328 g/mol. The van der Waals surface area contributed by atoms with Crippen molar-refractivity contribution in [3.8, 4) is 0 Å². The first-order valence-corrected chi connectivity index (χ1v) is 6.67. The molecular formula is C13H11Cl2N3O3. The highest BCUT2D eigenvalue weighted by Crippen LogP contribution is 2.22. The zero-order valence-electron chi connectivity index (χ0n) is 10.9. The molecule has 0 unspecified atom stereocenters. The van der Waals surface area contributed by atoms with E-state index in [1.54, 1.807) is 19.1 Å². The molecule has 0 aliphatic heterocycles. The van der Waals surface area contributed by atoms with Gasteiger partial charge in [-0.25, -0.2) is 0 Å². The number of hydrogen-bond donors (Lipinski definition) is 2. The summed E-state index contributed by atoms with van der Waals surface area (Å²) < 4.78 is 4.80. The Kier molecular flexibility index (Phi) is 4.82. The van der Waals surface area contributed by atoms with Gasteiger partial charge in [0.05, 0.1) is 0 Å². The van der Waals surface area contributed by atoms with Gasteiger partial charge in [0.1, 0.15) is 12.2 Å². The van der Waals surface area contributed by atoms with E-state index in [1.807, 2.05) is 0 Å². The number of amides is 2. The molecule has 1 heterocycles. The van der Waals surface area contributed by atoms with E-state index in [1.165, 1.54) is 12.1 Å². The number of carbonyl (C=O) groups excluding carboxylic acids is 2. The second-order valence-corrected chi connectivity index (χ2v) is 5.13. The molecule has 2 amide bonds. The van der Waals surface area contributed by atoms with Gasteiger partial charge in [0.25, 0.3) is 0 Å². The Labute approximate surface area is 130 Å². The highest BCUT2D eigenvalue weighted by atomic mass is 35.5. The van der Waals surface area contributed by atoms with Gasteiger partial charge in [-0.3, -0.25) is 9.59 Å². The fraction of sp³-hybridized carbons (Fsp3) is 0.154. The molecule has 0 saturated heterocycles. The Morgan fingerprint density at radius 2 is 1.71 bits per heavy atom. The second-order valence-electron chi connectivity index (χ2n) is 4.25. The van der Waals surface area contributed by atoms with Crippen LogP contribution in [0.5, 0.6) is 0 Å². The molecule has 0 aliphatic carbocycles. The summed E-state index contributed by atoms with van der Waals surface area (Å²) in [5.74, 6) is -0.181. The normalized spacial score (nSPS) is 10.2. The first-order valence-electron chi connectivity index (χ1n) is 5.91. The number of carbonyl (C=O) groups is 2. The number of rotatable bonds is 4. The van der Waals surface area contributed by atoms with Crippen molar-refractivity contribution in [1.82, 2.24) is 5.16 Å². The first kappa shape index (κ1) is 15.3. The number of aromatic nitrogens is 1. The number of benzene rings is 1. The van der Waals surface area contributed by atoms with Crippen molar-refractivity contribution in [2.24, 2.45) is 0 Å². The standard InChI is InChI=1S/C13H11Cl2N3O3/c1-7-2-11(18-21-7)17-13(20)6-12(19)16-10-4-8(14)3-9(15)5-10/h2-5H,6H2,1H3,(H,16,19)(H,17,18,20). The molecule has 0 radical (unpaired) electrons. The maximum absolute atomic E-state index is 11.7. The number of nitrogens with zero attached hydrogens (tertiary/aromatic N) is 1. The lowest BCUT2D eigenvalue weighted by Crippen LogP contribution is -2.21. The Hall–Kier alpha value is -2.05. The van der Waals surface area contributed by atoms with E-state index in [-0.39, 0.29) is 12.2 Å². The van der Waals surface area contributed by atoms with Crippen LogP contribution in [0.15, 0.2) is 28.8 Å². The van der Waals surface area contributed by atoms with Crippen LogP contribution in [0, 0.1) is 6.92 Å². The topological polar surface area (TPSA) is 84.2 Å². The first-order chi connectivity index (χ1) is 9.92. The predicted octanol–water partition coefficient (Wildman–Crippen LogP) is 3.26. The van der Waals surface area contributed by atoms with Crippen LogP contribution in [0.2, 0.25) is 10.0 Å². The third-order valence-electron chi connectivity index (χ3n) is 2.36. The van der Waals surface area contributed by atoms with Gasteiger partial charge in [-0.1, -0.05) is 28.4 Å². The van der Waals surface area contributed by atoms with Crippen molar-refractivity contribution < 1.29 is 14.1 Å². The Balaban J connectivity index is 1.90. The summed E-state index contributed by atoms with van der Waals surface area (Å²) in [7, 11) is 0. The van der Waals surface area contributed by atoms with E-state index in [9.17, 15) is 9.59 Å². The minimum absolute atomic E-state index is 0.260. The van der Waals surface area contributed by atoms with Gasteiger partial charge in [0, 0.05) is 21.8 Å². The van der Waals surface area contributed by atoms with Gasteiger partial charge in [-0.15, -0.1) is 0 Å². The highest BCUT2D eigenvalue weighted by molar-refractivity contribution is 6.35. The summed E-state index contributed by atoms with van der Waals surface area (Å²) >= 11 is 11.6. The van der Waals surface area contributed by atoms with Crippen LogP contribution >= 0.6 is 23.2 Å². The largest absolute Gasteiger partial charge is 0.360 e. The Morgan fingerprint density at radius 3 is 2.29 bits per heavy atom. The summed E-state index contributed by atoms with van der Waals surface area (Å²) in [4.78, 5) is 23.4. The Morgan fingerprint density at radius 1 is 1.10 bits per heavy atom. The molecule has 2 rings (SSSR count). The lowest BCUT2D eigenvalue weighted by atomic mass is 10.3. The van der Waals surface area contributed by atoms with Crippen LogP contribution in [0.3, 0.4) is 0 Å². The number of nitrogens with one attached hydrogen (secondary N) is 2. The maximum Gasteiger partial charge on any atom is 0.235 e. The molecule has 0 fully saturated rings. The fourth-order valence-electron chi connectivity index (χ4n) is 1.59. The molecule has 0 saturated carbocycles. The van der Waals surface area contributed by atoms with Crippen molar-refractivity contribution in [2.75, 3.05) is 10.6 Å². The van der Waals surface area contributed by atoms with E-state index in [0.29, 0.717) is 21.5 Å². The molecule has 110 valence electrons. The van der Waals surface area contributed by atoms with E-state index >= 15 is 0 Å². The molecule has 2 aromatic rings. The summed E-state index contributed by atoms with van der Waals surface area (Å²) in [5, 5.41) is 9.35. The molecule has 0 aliphatic rings. The van der Waals surface area contributed by atoms with E-state index in [2.05, 4.69) is 15.8 Å². The molecule has 1 aromatic carbocycles. The molecular weight excluding hydrogens is 317 g/mol. The van der Waals surface area contributed by atoms with Gasteiger partial charge in [-0.2, -0.15) is 0 Å². The van der Waals surface area contributed by atoms with E-state index in [0.717, 1.165) is 0 Å².